The lowest BCUT2D eigenvalue weighted by molar-refractivity contribution is 0.0194. The van der Waals surface area contributed by atoms with Crippen molar-refractivity contribution >= 4 is 51.7 Å². The molecule has 8 rings (SSSR count). The van der Waals surface area contributed by atoms with Crippen molar-refractivity contribution in [3.05, 3.63) is 148 Å². The van der Waals surface area contributed by atoms with E-state index in [-0.39, 0.29) is 35.2 Å². The number of anilines is 3. The Morgan fingerprint density at radius 1 is 0.875 bits per heavy atom. The van der Waals surface area contributed by atoms with E-state index in [0.29, 0.717) is 58.3 Å². The highest BCUT2D eigenvalue weighted by molar-refractivity contribution is 7.17. The largest absolute Gasteiger partial charge is 0.379 e. The molecule has 2 N–H and O–H groups in total. The van der Waals surface area contributed by atoms with Gasteiger partial charge in [-0.1, -0.05) is 31.2 Å². The third kappa shape index (κ3) is 7.40. The lowest BCUT2D eigenvalue weighted by Gasteiger charge is -2.37. The van der Waals surface area contributed by atoms with E-state index in [1.807, 2.05) is 6.08 Å². The average Bonchev–Trinajstić information content (AvgIpc) is 3.58. The van der Waals surface area contributed by atoms with Crippen molar-refractivity contribution in [1.82, 2.24) is 9.88 Å². The minimum Gasteiger partial charge on any atom is -0.379 e. The summed E-state index contributed by atoms with van der Waals surface area (Å²) in [5.74, 6) is -3.56. The standard InChI is InChI=1S/C43H36F3N5O4S/c1-25-22-27(9-14-35(25)50-18-20-55-21-19-50)38-32(4-3-16-47-38)41(52)48-30-11-7-26(8-12-30)43(54)51-17-15-28-23-37(42(53)49-39-33(45)5-2-6-34(39)46)56-40(28)31-13-10-29(44)24-36(31)51/h2-14,16,22-25,35H,15,17-21H2,1H3,(H,48,52)(H,49,53). The van der Waals surface area contributed by atoms with Crippen LogP contribution in [0.3, 0.4) is 0 Å². The van der Waals surface area contributed by atoms with E-state index in [9.17, 15) is 27.6 Å². The van der Waals surface area contributed by atoms with Gasteiger partial charge in [-0.2, -0.15) is 0 Å². The Balaban J connectivity index is 0.980. The molecule has 0 radical (unpaired) electrons. The number of carbonyl (C=O) groups excluding carboxylic acids is 3. The van der Waals surface area contributed by atoms with E-state index >= 15 is 0 Å². The molecule has 284 valence electrons. The number of ether oxygens (including phenoxy) is 1. The number of pyridine rings is 1. The molecule has 1 fully saturated rings. The predicted octanol–water partition coefficient (Wildman–Crippen LogP) is 8.23. The number of carbonyl (C=O) groups is 3. The van der Waals surface area contributed by atoms with Crippen LogP contribution in [0.1, 0.15) is 48.6 Å². The highest BCUT2D eigenvalue weighted by Gasteiger charge is 2.30. The van der Waals surface area contributed by atoms with Crippen LogP contribution in [0.4, 0.5) is 30.2 Å². The maximum Gasteiger partial charge on any atom is 0.265 e. The monoisotopic (exact) mass is 775 g/mol. The van der Waals surface area contributed by atoms with Crippen LogP contribution in [0.15, 0.2) is 103 Å². The zero-order valence-corrected chi connectivity index (χ0v) is 31.0. The van der Waals surface area contributed by atoms with Gasteiger partial charge in [-0.25, -0.2) is 13.2 Å². The van der Waals surface area contributed by atoms with Gasteiger partial charge in [0.05, 0.1) is 35.0 Å². The lowest BCUT2D eigenvalue weighted by atomic mass is 9.89. The maximum absolute atomic E-state index is 14.7. The summed E-state index contributed by atoms with van der Waals surface area (Å²) in [6, 6.07) is 19.2. The van der Waals surface area contributed by atoms with Gasteiger partial charge < -0.3 is 20.3 Å². The molecule has 2 unspecified atom stereocenters. The Labute approximate surface area is 325 Å². The van der Waals surface area contributed by atoms with Gasteiger partial charge in [0.2, 0.25) is 0 Å². The third-order valence-corrected chi connectivity index (χ3v) is 11.4. The summed E-state index contributed by atoms with van der Waals surface area (Å²) in [7, 11) is 0. The normalized spacial score (nSPS) is 18.0. The van der Waals surface area contributed by atoms with Crippen LogP contribution in [-0.2, 0) is 11.2 Å². The van der Waals surface area contributed by atoms with Crippen LogP contribution in [0.25, 0.3) is 16.0 Å². The second-order valence-corrected chi connectivity index (χ2v) is 14.8. The van der Waals surface area contributed by atoms with Crippen molar-refractivity contribution in [2.75, 3.05) is 48.4 Å². The molecular formula is C43H36F3N5O4S. The molecule has 2 aliphatic heterocycles. The minimum absolute atomic E-state index is 0.167. The third-order valence-electron chi connectivity index (χ3n) is 10.2. The fraction of sp³-hybridized carbons (Fsp3) is 0.209. The van der Waals surface area contributed by atoms with Crippen molar-refractivity contribution in [3.63, 3.8) is 0 Å². The SMILES string of the molecule is CC1C=C(c2ncccc2C(=O)Nc2ccc(C(=O)N3CCc4cc(C(=O)Nc5c(F)cccc5F)sc4-c4ccc(F)cc43)cc2)C=CC1N1CCOCC1. The first-order valence-corrected chi connectivity index (χ1v) is 19.0. The fourth-order valence-electron chi connectivity index (χ4n) is 7.40. The van der Waals surface area contributed by atoms with E-state index in [4.69, 9.17) is 4.74 Å². The maximum atomic E-state index is 14.7. The van der Waals surface area contributed by atoms with Gasteiger partial charge >= 0.3 is 0 Å². The number of hydrogen-bond acceptors (Lipinski definition) is 7. The van der Waals surface area contributed by atoms with Crippen LogP contribution in [-0.4, -0.2) is 66.5 Å². The molecule has 3 aliphatic rings. The number of hydrogen-bond donors (Lipinski definition) is 2. The number of nitrogens with one attached hydrogen (secondary N) is 2. The molecule has 3 amide bonds. The number of para-hydroxylation sites is 1. The van der Waals surface area contributed by atoms with Gasteiger partial charge in [0.1, 0.15) is 23.1 Å². The molecule has 1 aliphatic carbocycles. The van der Waals surface area contributed by atoms with Crippen molar-refractivity contribution in [3.8, 4) is 10.4 Å². The Morgan fingerprint density at radius 2 is 1.64 bits per heavy atom. The van der Waals surface area contributed by atoms with Crippen LogP contribution in [0, 0.1) is 23.4 Å². The Kier molecular flexibility index (Phi) is 10.4. The molecule has 0 saturated carbocycles. The minimum atomic E-state index is -0.900. The van der Waals surface area contributed by atoms with Crippen LogP contribution < -0.4 is 15.5 Å². The highest BCUT2D eigenvalue weighted by Crippen LogP contribution is 2.42. The average molecular weight is 776 g/mol. The summed E-state index contributed by atoms with van der Waals surface area (Å²) < 4.78 is 48.7. The Hall–Kier alpha value is -5.89. The van der Waals surface area contributed by atoms with E-state index < -0.39 is 29.0 Å². The number of nitrogens with zero attached hydrogens (tertiary/aromatic N) is 3. The molecule has 5 aromatic rings. The van der Waals surface area contributed by atoms with Crippen LogP contribution >= 0.6 is 11.3 Å². The van der Waals surface area contributed by atoms with Gasteiger partial charge in [-0.15, -0.1) is 11.3 Å². The van der Waals surface area contributed by atoms with Gasteiger partial charge in [-0.3, -0.25) is 24.3 Å². The van der Waals surface area contributed by atoms with Crippen molar-refractivity contribution in [2.45, 2.75) is 19.4 Å². The number of fused-ring (bicyclic) bond motifs is 3. The molecule has 2 atom stereocenters. The predicted molar refractivity (Wildman–Crippen MR) is 210 cm³/mol. The number of amides is 3. The van der Waals surface area contributed by atoms with Gasteiger partial charge in [-0.05, 0) is 96.3 Å². The van der Waals surface area contributed by atoms with E-state index in [0.717, 1.165) is 47.7 Å². The molecule has 1 saturated heterocycles. The summed E-state index contributed by atoms with van der Waals surface area (Å²) in [6.07, 6.45) is 8.34. The molecule has 2 aromatic heterocycles. The van der Waals surface area contributed by atoms with Gasteiger partial charge in [0, 0.05) is 53.6 Å². The number of aromatic nitrogens is 1. The molecular weight excluding hydrogens is 740 g/mol. The number of benzene rings is 3. The number of morpholine rings is 1. The first-order valence-electron chi connectivity index (χ1n) is 18.2. The quantitative estimate of drug-likeness (QED) is 0.173. The highest BCUT2D eigenvalue weighted by atomic mass is 32.1. The van der Waals surface area contributed by atoms with Crippen LogP contribution in [0.5, 0.6) is 0 Å². The zero-order chi connectivity index (χ0) is 38.9. The van der Waals surface area contributed by atoms with E-state index in [1.54, 1.807) is 54.7 Å². The second-order valence-electron chi connectivity index (χ2n) is 13.8. The summed E-state index contributed by atoms with van der Waals surface area (Å²) in [5, 5.41) is 5.25. The summed E-state index contributed by atoms with van der Waals surface area (Å²) in [6.45, 7) is 5.50. The molecule has 13 heteroatoms. The molecule has 3 aromatic carbocycles. The van der Waals surface area contributed by atoms with Gasteiger partial charge in [0.25, 0.3) is 17.7 Å². The molecule has 0 bridgehead atoms. The topological polar surface area (TPSA) is 104 Å². The Bertz CT molecular complexity index is 2390. The smallest absolute Gasteiger partial charge is 0.265 e. The molecule has 0 spiro atoms. The summed E-state index contributed by atoms with van der Waals surface area (Å²) in [4.78, 5) is 50.1. The number of rotatable bonds is 7. The van der Waals surface area contributed by atoms with E-state index in [1.165, 1.54) is 23.1 Å². The first-order chi connectivity index (χ1) is 27.1. The number of allylic oxidation sites excluding steroid dienone is 2. The molecule has 9 nitrogen and oxygen atoms in total. The summed E-state index contributed by atoms with van der Waals surface area (Å²) in [5.41, 5.74) is 3.70. The first kappa shape index (κ1) is 37.1. The summed E-state index contributed by atoms with van der Waals surface area (Å²) >= 11 is 1.09. The Morgan fingerprint density at radius 3 is 2.39 bits per heavy atom. The molecule has 4 heterocycles. The van der Waals surface area contributed by atoms with Crippen molar-refractivity contribution < 1.29 is 32.3 Å². The van der Waals surface area contributed by atoms with Crippen molar-refractivity contribution in [1.29, 1.82) is 0 Å². The fourth-order valence-corrected chi connectivity index (χ4v) is 8.54. The van der Waals surface area contributed by atoms with Crippen LogP contribution in [0.2, 0.25) is 0 Å². The number of thiophene rings is 1. The second kappa shape index (κ2) is 15.7. The zero-order valence-electron chi connectivity index (χ0n) is 30.2. The van der Waals surface area contributed by atoms with E-state index in [2.05, 4.69) is 39.6 Å². The lowest BCUT2D eigenvalue weighted by Crippen LogP contribution is -2.45. The number of halogens is 3. The van der Waals surface area contributed by atoms with Crippen molar-refractivity contribution in [2.24, 2.45) is 5.92 Å². The van der Waals surface area contributed by atoms with Gasteiger partial charge in [0.15, 0.2) is 0 Å². The molecule has 56 heavy (non-hydrogen) atoms.